The van der Waals surface area contributed by atoms with Crippen LogP contribution in [0.25, 0.3) is 0 Å². The van der Waals surface area contributed by atoms with E-state index < -0.39 is 0 Å². The minimum absolute atomic E-state index is 0.0787. The Morgan fingerprint density at radius 2 is 1.74 bits per heavy atom. The van der Waals surface area contributed by atoms with E-state index in [-0.39, 0.29) is 5.91 Å². The predicted molar refractivity (Wildman–Crippen MR) is 106 cm³/mol. The van der Waals surface area contributed by atoms with Gasteiger partial charge in [0.15, 0.2) is 0 Å². The van der Waals surface area contributed by atoms with E-state index in [0.717, 1.165) is 30.0 Å². The zero-order chi connectivity index (χ0) is 18.7. The predicted octanol–water partition coefficient (Wildman–Crippen LogP) is 4.31. The van der Waals surface area contributed by atoms with E-state index in [1.54, 1.807) is 41.1 Å². The Bertz CT molecular complexity index is 805. The van der Waals surface area contributed by atoms with Gasteiger partial charge in [0, 0.05) is 17.5 Å². The number of nitrogens with zero attached hydrogens (tertiary/aromatic N) is 1. The molecule has 5 nitrogen and oxygen atoms in total. The Labute approximate surface area is 163 Å². The maximum Gasteiger partial charge on any atom is 0.251 e. The lowest BCUT2D eigenvalue weighted by molar-refractivity contribution is 0.0952. The Morgan fingerprint density at radius 1 is 0.963 bits per heavy atom. The van der Waals surface area contributed by atoms with Crippen LogP contribution in [-0.4, -0.2) is 24.0 Å². The summed E-state index contributed by atoms with van der Waals surface area (Å²) in [5, 5.41) is 4.88. The fourth-order valence-corrected chi connectivity index (χ4v) is 2.95. The molecule has 0 bridgehead atoms. The van der Waals surface area contributed by atoms with Gasteiger partial charge in [0.05, 0.1) is 17.8 Å². The zero-order valence-electron chi connectivity index (χ0n) is 15.0. The fourth-order valence-electron chi connectivity index (χ4n) is 2.41. The van der Waals surface area contributed by atoms with Crippen LogP contribution >= 0.6 is 11.3 Å². The highest BCUT2D eigenvalue weighted by atomic mass is 32.1. The smallest absolute Gasteiger partial charge is 0.251 e. The van der Waals surface area contributed by atoms with E-state index in [0.29, 0.717) is 25.3 Å². The van der Waals surface area contributed by atoms with Gasteiger partial charge in [-0.05, 0) is 49.2 Å². The number of rotatable bonds is 10. The number of benzene rings is 2. The first kappa shape index (κ1) is 18.9. The molecule has 2 aromatic carbocycles. The van der Waals surface area contributed by atoms with E-state index in [4.69, 9.17) is 9.47 Å². The van der Waals surface area contributed by atoms with Crippen LogP contribution in [0.5, 0.6) is 11.5 Å². The molecule has 6 heteroatoms. The fraction of sp³-hybridized carbons (Fsp3) is 0.238. The zero-order valence-corrected chi connectivity index (χ0v) is 15.8. The summed E-state index contributed by atoms with van der Waals surface area (Å²) in [6, 6.07) is 16.9. The van der Waals surface area contributed by atoms with Gasteiger partial charge in [0.2, 0.25) is 0 Å². The first-order valence-electron chi connectivity index (χ1n) is 8.87. The molecular formula is C21H22N2O3S. The standard InChI is InChI=1S/C21H22N2O3S/c24-21(22-12-4-5-13-25-19-6-2-1-3-7-19)17-8-10-20(11-9-17)26-14-18-15-27-16-23-18/h1-3,6-11,15-16H,4-5,12-14H2,(H,22,24). The highest BCUT2D eigenvalue weighted by Gasteiger charge is 2.05. The summed E-state index contributed by atoms with van der Waals surface area (Å²) in [7, 11) is 0. The monoisotopic (exact) mass is 382 g/mol. The van der Waals surface area contributed by atoms with Crippen molar-refractivity contribution in [3.63, 3.8) is 0 Å². The summed E-state index contributed by atoms with van der Waals surface area (Å²) < 4.78 is 11.3. The van der Waals surface area contributed by atoms with Crippen LogP contribution in [-0.2, 0) is 6.61 Å². The molecule has 0 fully saturated rings. The van der Waals surface area contributed by atoms with E-state index in [1.807, 2.05) is 35.7 Å². The maximum absolute atomic E-state index is 12.2. The number of hydrogen-bond donors (Lipinski definition) is 1. The Morgan fingerprint density at radius 3 is 2.48 bits per heavy atom. The first-order valence-corrected chi connectivity index (χ1v) is 9.81. The third-order valence-corrected chi connectivity index (χ3v) is 4.49. The van der Waals surface area contributed by atoms with E-state index in [2.05, 4.69) is 10.3 Å². The van der Waals surface area contributed by atoms with Crippen LogP contribution in [0.15, 0.2) is 65.5 Å². The lowest BCUT2D eigenvalue weighted by Gasteiger charge is -2.08. The number of nitrogens with one attached hydrogen (secondary N) is 1. The molecule has 1 aromatic heterocycles. The second-order valence-electron chi connectivity index (χ2n) is 5.92. The second kappa shape index (κ2) is 10.3. The maximum atomic E-state index is 12.2. The quantitative estimate of drug-likeness (QED) is 0.531. The first-order chi connectivity index (χ1) is 13.3. The molecule has 1 N–H and O–H groups in total. The number of amides is 1. The SMILES string of the molecule is O=C(NCCCCOc1ccccc1)c1ccc(OCc2cscn2)cc1. The summed E-state index contributed by atoms with van der Waals surface area (Å²) in [5.41, 5.74) is 3.30. The summed E-state index contributed by atoms with van der Waals surface area (Å²) in [4.78, 5) is 16.3. The molecule has 0 aliphatic rings. The van der Waals surface area contributed by atoms with Crippen molar-refractivity contribution < 1.29 is 14.3 Å². The molecule has 1 amide bonds. The second-order valence-corrected chi connectivity index (χ2v) is 6.64. The number of thiazole rings is 1. The number of unbranched alkanes of at least 4 members (excludes halogenated alkanes) is 1. The Balaban J connectivity index is 1.32. The number of para-hydroxylation sites is 1. The molecule has 140 valence electrons. The van der Waals surface area contributed by atoms with Crippen molar-refractivity contribution in [3.8, 4) is 11.5 Å². The number of carbonyl (C=O) groups excluding carboxylic acids is 1. The molecule has 3 rings (SSSR count). The van der Waals surface area contributed by atoms with Gasteiger partial charge in [-0.25, -0.2) is 4.98 Å². The van der Waals surface area contributed by atoms with Crippen LogP contribution in [0.4, 0.5) is 0 Å². The molecule has 3 aromatic rings. The van der Waals surface area contributed by atoms with Gasteiger partial charge in [-0.15, -0.1) is 11.3 Å². The van der Waals surface area contributed by atoms with Crippen LogP contribution < -0.4 is 14.8 Å². The molecule has 0 aliphatic heterocycles. The molecule has 0 saturated carbocycles. The summed E-state index contributed by atoms with van der Waals surface area (Å²) >= 11 is 1.54. The summed E-state index contributed by atoms with van der Waals surface area (Å²) in [6.07, 6.45) is 1.76. The molecule has 0 spiro atoms. The number of hydrogen-bond acceptors (Lipinski definition) is 5. The number of ether oxygens (including phenoxy) is 2. The summed E-state index contributed by atoms with van der Waals surface area (Å²) in [5.74, 6) is 1.52. The molecule has 0 radical (unpaired) electrons. The molecule has 0 saturated heterocycles. The van der Waals surface area contributed by atoms with Gasteiger partial charge in [0.1, 0.15) is 18.1 Å². The van der Waals surface area contributed by atoms with Crippen molar-refractivity contribution in [3.05, 3.63) is 76.7 Å². The highest BCUT2D eigenvalue weighted by molar-refractivity contribution is 7.07. The average Bonchev–Trinajstić information content (AvgIpc) is 3.24. The molecule has 1 heterocycles. The van der Waals surface area contributed by atoms with Crippen molar-refractivity contribution >= 4 is 17.2 Å². The van der Waals surface area contributed by atoms with Crippen LogP contribution in [0.2, 0.25) is 0 Å². The molecule has 27 heavy (non-hydrogen) atoms. The molecule has 0 unspecified atom stereocenters. The van der Waals surface area contributed by atoms with Crippen LogP contribution in [0, 0.1) is 0 Å². The molecule has 0 aliphatic carbocycles. The molecular weight excluding hydrogens is 360 g/mol. The van der Waals surface area contributed by atoms with Gasteiger partial charge in [-0.3, -0.25) is 4.79 Å². The normalized spacial score (nSPS) is 10.4. The minimum atomic E-state index is -0.0787. The molecule has 0 atom stereocenters. The average molecular weight is 382 g/mol. The van der Waals surface area contributed by atoms with Gasteiger partial charge in [0.25, 0.3) is 5.91 Å². The largest absolute Gasteiger partial charge is 0.494 e. The van der Waals surface area contributed by atoms with E-state index in [1.165, 1.54) is 0 Å². The van der Waals surface area contributed by atoms with Crippen LogP contribution in [0.1, 0.15) is 28.9 Å². The topological polar surface area (TPSA) is 60.5 Å². The van der Waals surface area contributed by atoms with E-state index in [9.17, 15) is 4.79 Å². The summed E-state index contributed by atoms with van der Waals surface area (Å²) in [6.45, 7) is 1.70. The van der Waals surface area contributed by atoms with Crippen molar-refractivity contribution in [2.75, 3.05) is 13.2 Å². The third kappa shape index (κ3) is 6.42. The van der Waals surface area contributed by atoms with Crippen molar-refractivity contribution in [2.45, 2.75) is 19.4 Å². The number of aromatic nitrogens is 1. The van der Waals surface area contributed by atoms with Crippen molar-refractivity contribution in [1.29, 1.82) is 0 Å². The van der Waals surface area contributed by atoms with Crippen molar-refractivity contribution in [1.82, 2.24) is 10.3 Å². The highest BCUT2D eigenvalue weighted by Crippen LogP contribution is 2.14. The van der Waals surface area contributed by atoms with Crippen LogP contribution in [0.3, 0.4) is 0 Å². The minimum Gasteiger partial charge on any atom is -0.494 e. The Hall–Kier alpha value is -2.86. The van der Waals surface area contributed by atoms with Gasteiger partial charge in [-0.1, -0.05) is 18.2 Å². The van der Waals surface area contributed by atoms with E-state index >= 15 is 0 Å². The van der Waals surface area contributed by atoms with Gasteiger partial charge >= 0.3 is 0 Å². The Kier molecular flexibility index (Phi) is 7.24. The number of carbonyl (C=O) groups is 1. The van der Waals surface area contributed by atoms with Gasteiger partial charge in [-0.2, -0.15) is 0 Å². The lowest BCUT2D eigenvalue weighted by Crippen LogP contribution is -2.24. The van der Waals surface area contributed by atoms with Crippen molar-refractivity contribution in [2.24, 2.45) is 0 Å². The van der Waals surface area contributed by atoms with Gasteiger partial charge < -0.3 is 14.8 Å². The lowest BCUT2D eigenvalue weighted by atomic mass is 10.2. The third-order valence-electron chi connectivity index (χ3n) is 3.86.